The molecule has 1 rings (SSSR count). The summed E-state index contributed by atoms with van der Waals surface area (Å²) in [6.45, 7) is 2.27. The second-order valence-electron chi connectivity index (χ2n) is 4.92. The third-order valence-electron chi connectivity index (χ3n) is 3.08. The Labute approximate surface area is 128 Å². The monoisotopic (exact) mass is 296 g/mol. The summed E-state index contributed by atoms with van der Waals surface area (Å²) in [7, 11) is 0. The SMILES string of the molecule is CCCCSCCCCCCSCc1ccccc1. The fraction of sp³-hybridized carbons (Fsp3) is 0.647. The summed E-state index contributed by atoms with van der Waals surface area (Å²) in [6, 6.07) is 10.8. The fourth-order valence-electron chi connectivity index (χ4n) is 1.87. The molecule has 0 N–H and O–H groups in total. The Balaban J connectivity index is 1.79. The molecule has 0 atom stereocenters. The molecule has 0 saturated carbocycles. The summed E-state index contributed by atoms with van der Waals surface area (Å²) in [6.07, 6.45) is 8.36. The predicted molar refractivity (Wildman–Crippen MR) is 93.3 cm³/mol. The van der Waals surface area contributed by atoms with E-state index >= 15 is 0 Å². The zero-order valence-electron chi connectivity index (χ0n) is 12.3. The van der Waals surface area contributed by atoms with Gasteiger partial charge in [0.25, 0.3) is 0 Å². The van der Waals surface area contributed by atoms with Gasteiger partial charge in [0.2, 0.25) is 0 Å². The molecule has 0 bridgehead atoms. The molecule has 0 spiro atoms. The van der Waals surface area contributed by atoms with Crippen LogP contribution in [0.25, 0.3) is 0 Å². The van der Waals surface area contributed by atoms with Gasteiger partial charge in [-0.3, -0.25) is 0 Å². The minimum atomic E-state index is 1.17. The van der Waals surface area contributed by atoms with E-state index in [9.17, 15) is 0 Å². The number of unbranched alkanes of at least 4 members (excludes halogenated alkanes) is 4. The van der Waals surface area contributed by atoms with Crippen LogP contribution in [0, 0.1) is 0 Å². The van der Waals surface area contributed by atoms with Gasteiger partial charge in [-0.1, -0.05) is 56.5 Å². The summed E-state index contributed by atoms with van der Waals surface area (Å²) in [5, 5.41) is 0. The van der Waals surface area contributed by atoms with Crippen LogP contribution in [-0.4, -0.2) is 17.3 Å². The largest absolute Gasteiger partial charge is 0.162 e. The Bertz CT molecular complexity index is 285. The van der Waals surface area contributed by atoms with Gasteiger partial charge in [0.1, 0.15) is 0 Å². The highest BCUT2D eigenvalue weighted by Crippen LogP contribution is 2.15. The molecular weight excluding hydrogens is 268 g/mol. The lowest BCUT2D eigenvalue weighted by molar-refractivity contribution is 0.711. The smallest absolute Gasteiger partial charge is 0.0184 e. The molecule has 1 aromatic carbocycles. The zero-order chi connectivity index (χ0) is 13.6. The second-order valence-corrected chi connectivity index (χ2v) is 7.25. The number of thioether (sulfide) groups is 2. The molecule has 1 aromatic rings. The summed E-state index contributed by atoms with van der Waals surface area (Å²) < 4.78 is 0. The highest BCUT2D eigenvalue weighted by Gasteiger charge is 1.94. The minimum absolute atomic E-state index is 1.17. The van der Waals surface area contributed by atoms with Gasteiger partial charge < -0.3 is 0 Å². The number of hydrogen-bond acceptors (Lipinski definition) is 2. The van der Waals surface area contributed by atoms with E-state index in [1.807, 2.05) is 0 Å². The fourth-order valence-corrected chi connectivity index (χ4v) is 3.96. The lowest BCUT2D eigenvalue weighted by Crippen LogP contribution is -1.87. The average Bonchev–Trinajstić information content (AvgIpc) is 2.46. The Morgan fingerprint density at radius 3 is 2.05 bits per heavy atom. The molecule has 0 aliphatic rings. The van der Waals surface area contributed by atoms with E-state index in [1.165, 1.54) is 67.1 Å². The number of rotatable bonds is 12. The topological polar surface area (TPSA) is 0 Å². The van der Waals surface area contributed by atoms with Gasteiger partial charge in [-0.2, -0.15) is 23.5 Å². The van der Waals surface area contributed by atoms with Gasteiger partial charge in [0.05, 0.1) is 0 Å². The van der Waals surface area contributed by atoms with Crippen LogP contribution in [0.1, 0.15) is 51.0 Å². The van der Waals surface area contributed by atoms with Crippen LogP contribution in [0.5, 0.6) is 0 Å². The molecule has 19 heavy (non-hydrogen) atoms. The zero-order valence-corrected chi connectivity index (χ0v) is 13.9. The van der Waals surface area contributed by atoms with Crippen molar-refractivity contribution >= 4 is 23.5 Å². The molecule has 2 heteroatoms. The molecule has 0 unspecified atom stereocenters. The summed E-state index contributed by atoms with van der Waals surface area (Å²) in [5.74, 6) is 5.23. The molecule has 0 radical (unpaired) electrons. The van der Waals surface area contributed by atoms with Crippen LogP contribution in [0.15, 0.2) is 30.3 Å². The first-order valence-corrected chi connectivity index (χ1v) is 9.94. The summed E-state index contributed by atoms with van der Waals surface area (Å²) >= 11 is 4.21. The van der Waals surface area contributed by atoms with Gasteiger partial charge in [-0.25, -0.2) is 0 Å². The van der Waals surface area contributed by atoms with Crippen molar-refractivity contribution in [2.75, 3.05) is 17.3 Å². The number of benzene rings is 1. The van der Waals surface area contributed by atoms with E-state index in [0.717, 1.165) is 0 Å². The highest BCUT2D eigenvalue weighted by atomic mass is 32.2. The average molecular weight is 297 g/mol. The number of hydrogen-bond donors (Lipinski definition) is 0. The Hall–Kier alpha value is -0.0800. The van der Waals surface area contributed by atoms with E-state index < -0.39 is 0 Å². The minimum Gasteiger partial charge on any atom is -0.162 e. The van der Waals surface area contributed by atoms with Crippen molar-refractivity contribution < 1.29 is 0 Å². The maximum atomic E-state index is 2.27. The quantitative estimate of drug-likeness (QED) is 0.433. The maximum absolute atomic E-state index is 2.27. The van der Waals surface area contributed by atoms with Crippen LogP contribution in [0.3, 0.4) is 0 Å². The lowest BCUT2D eigenvalue weighted by atomic mass is 10.2. The van der Waals surface area contributed by atoms with E-state index in [1.54, 1.807) is 0 Å². The van der Waals surface area contributed by atoms with Crippen LogP contribution in [0.2, 0.25) is 0 Å². The van der Waals surface area contributed by atoms with Gasteiger partial charge in [0, 0.05) is 5.75 Å². The molecule has 0 fully saturated rings. The third kappa shape index (κ3) is 10.4. The van der Waals surface area contributed by atoms with Crippen molar-refractivity contribution in [1.82, 2.24) is 0 Å². The molecule has 0 saturated heterocycles. The van der Waals surface area contributed by atoms with E-state index in [4.69, 9.17) is 0 Å². The first kappa shape index (κ1) is 17.0. The van der Waals surface area contributed by atoms with E-state index in [-0.39, 0.29) is 0 Å². The standard InChI is InChI=1S/C17H28S2/c1-2-3-13-18-14-9-4-5-10-15-19-16-17-11-7-6-8-12-17/h6-8,11-12H,2-5,9-10,13-16H2,1H3. The molecule has 0 aromatic heterocycles. The second kappa shape index (κ2) is 12.9. The van der Waals surface area contributed by atoms with Crippen molar-refractivity contribution in [2.45, 2.75) is 51.2 Å². The maximum Gasteiger partial charge on any atom is 0.0184 e. The van der Waals surface area contributed by atoms with E-state index in [2.05, 4.69) is 60.8 Å². The Morgan fingerprint density at radius 2 is 1.37 bits per heavy atom. The normalized spacial score (nSPS) is 10.8. The van der Waals surface area contributed by atoms with Crippen molar-refractivity contribution in [3.8, 4) is 0 Å². The Morgan fingerprint density at radius 1 is 0.737 bits per heavy atom. The summed E-state index contributed by atoms with van der Waals surface area (Å²) in [5.41, 5.74) is 1.46. The lowest BCUT2D eigenvalue weighted by Gasteiger charge is -2.03. The third-order valence-corrected chi connectivity index (χ3v) is 5.35. The van der Waals surface area contributed by atoms with Gasteiger partial charge in [-0.05, 0) is 42.1 Å². The van der Waals surface area contributed by atoms with Crippen LogP contribution >= 0.6 is 23.5 Å². The van der Waals surface area contributed by atoms with Crippen LogP contribution in [0.4, 0.5) is 0 Å². The molecule has 0 aliphatic heterocycles. The molecular formula is C17H28S2. The molecule has 0 amide bonds. The van der Waals surface area contributed by atoms with Gasteiger partial charge in [-0.15, -0.1) is 0 Å². The van der Waals surface area contributed by atoms with Crippen molar-refractivity contribution in [2.24, 2.45) is 0 Å². The van der Waals surface area contributed by atoms with Crippen molar-refractivity contribution in [1.29, 1.82) is 0 Å². The van der Waals surface area contributed by atoms with Crippen molar-refractivity contribution in [3.05, 3.63) is 35.9 Å². The Kier molecular flexibility index (Phi) is 11.5. The summed E-state index contributed by atoms with van der Waals surface area (Å²) in [4.78, 5) is 0. The van der Waals surface area contributed by atoms with Gasteiger partial charge >= 0.3 is 0 Å². The van der Waals surface area contributed by atoms with E-state index in [0.29, 0.717) is 0 Å². The highest BCUT2D eigenvalue weighted by molar-refractivity contribution is 7.99. The molecule has 0 heterocycles. The first-order chi connectivity index (χ1) is 9.43. The van der Waals surface area contributed by atoms with Crippen LogP contribution < -0.4 is 0 Å². The van der Waals surface area contributed by atoms with Crippen molar-refractivity contribution in [3.63, 3.8) is 0 Å². The van der Waals surface area contributed by atoms with Gasteiger partial charge in [0.15, 0.2) is 0 Å². The van der Waals surface area contributed by atoms with Crippen LogP contribution in [-0.2, 0) is 5.75 Å². The molecule has 108 valence electrons. The molecule has 0 nitrogen and oxygen atoms in total. The predicted octanol–water partition coefficient (Wildman–Crippen LogP) is 6.01. The molecule has 0 aliphatic carbocycles. The first-order valence-electron chi connectivity index (χ1n) is 7.63.